The highest BCUT2D eigenvalue weighted by Gasteiger charge is 2.35. The number of carbonyl (C=O) groups excluding carboxylic acids is 1. The molecule has 0 saturated carbocycles. The lowest BCUT2D eigenvalue weighted by Crippen LogP contribution is -2.42. The van der Waals surface area contributed by atoms with Gasteiger partial charge in [-0.3, -0.25) is 9.59 Å². The topological polar surface area (TPSA) is 92.4 Å². The van der Waals surface area contributed by atoms with Crippen LogP contribution in [-0.2, 0) is 16.0 Å². The van der Waals surface area contributed by atoms with Gasteiger partial charge in [0, 0.05) is 17.1 Å². The number of aromatic nitrogens is 1. The van der Waals surface area contributed by atoms with Crippen molar-refractivity contribution >= 4 is 23.5 Å². The van der Waals surface area contributed by atoms with E-state index >= 15 is 0 Å². The Balaban J connectivity index is 1.97. The summed E-state index contributed by atoms with van der Waals surface area (Å²) in [5, 5.41) is 12.7. The summed E-state index contributed by atoms with van der Waals surface area (Å²) >= 11 is 5.85. The van der Waals surface area contributed by atoms with E-state index in [9.17, 15) is 14.7 Å². The van der Waals surface area contributed by atoms with E-state index in [1.165, 1.54) is 6.26 Å². The van der Waals surface area contributed by atoms with Gasteiger partial charge in [0.2, 0.25) is 11.8 Å². The van der Waals surface area contributed by atoms with Crippen LogP contribution in [0.4, 0.5) is 0 Å². The monoisotopic (exact) mass is 364 g/mol. The third-order valence-electron chi connectivity index (χ3n) is 4.42. The van der Waals surface area contributed by atoms with Crippen LogP contribution < -0.4 is 5.32 Å². The summed E-state index contributed by atoms with van der Waals surface area (Å²) in [5.41, 5.74) is 0.308. The minimum atomic E-state index is -0.937. The molecule has 0 saturated heterocycles. The van der Waals surface area contributed by atoms with Gasteiger partial charge in [0.15, 0.2) is 0 Å². The Morgan fingerprint density at radius 2 is 1.88 bits per heavy atom. The predicted molar refractivity (Wildman–Crippen MR) is 94.3 cm³/mol. The molecule has 134 valence electrons. The largest absolute Gasteiger partial charge is 0.481 e. The lowest BCUT2D eigenvalue weighted by molar-refractivity contribution is -0.149. The van der Waals surface area contributed by atoms with Gasteiger partial charge in [-0.1, -0.05) is 25.4 Å². The summed E-state index contributed by atoms with van der Waals surface area (Å²) in [6.07, 6.45) is 2.35. The van der Waals surface area contributed by atoms with Crippen molar-refractivity contribution in [2.45, 2.75) is 33.1 Å². The van der Waals surface area contributed by atoms with E-state index in [-0.39, 0.29) is 18.9 Å². The van der Waals surface area contributed by atoms with E-state index in [0.29, 0.717) is 29.4 Å². The number of aliphatic carboxylic acids is 1. The zero-order chi connectivity index (χ0) is 18.4. The van der Waals surface area contributed by atoms with Gasteiger partial charge in [0.25, 0.3) is 0 Å². The second kappa shape index (κ2) is 8.16. The Morgan fingerprint density at radius 1 is 1.24 bits per heavy atom. The number of carboxylic acids is 1. The molecule has 2 aromatic rings. The summed E-state index contributed by atoms with van der Waals surface area (Å²) in [5.74, 6) is -0.783. The van der Waals surface area contributed by atoms with Crippen LogP contribution in [0.1, 0.15) is 32.4 Å². The Bertz CT molecular complexity index is 736. The summed E-state index contributed by atoms with van der Waals surface area (Å²) in [6, 6.07) is 7.02. The fraction of sp³-hybridized carbons (Fsp3) is 0.389. The Hall–Kier alpha value is -2.34. The fourth-order valence-corrected chi connectivity index (χ4v) is 2.61. The number of oxazole rings is 1. The molecule has 0 unspecified atom stereocenters. The molecule has 2 rings (SSSR count). The molecule has 0 aliphatic heterocycles. The van der Waals surface area contributed by atoms with Gasteiger partial charge in [-0.25, -0.2) is 4.98 Å². The summed E-state index contributed by atoms with van der Waals surface area (Å²) in [4.78, 5) is 27.8. The third kappa shape index (κ3) is 4.60. The molecule has 0 radical (unpaired) electrons. The van der Waals surface area contributed by atoms with Gasteiger partial charge in [-0.2, -0.15) is 0 Å². The number of carboxylic acid groups (broad SMARTS) is 1. The van der Waals surface area contributed by atoms with E-state index in [4.69, 9.17) is 16.0 Å². The number of nitrogens with zero attached hydrogens (tertiary/aromatic N) is 1. The standard InChI is InChI=1S/C18H21ClN2O4/c1-3-18(4-2,17(23)24)11-20-15(22)9-14-10-25-16(21-14)12-5-7-13(19)8-6-12/h5-8,10H,3-4,9,11H2,1-2H3,(H,20,22)(H,23,24). The lowest BCUT2D eigenvalue weighted by Gasteiger charge is -2.26. The van der Waals surface area contributed by atoms with Crippen LogP contribution in [0.15, 0.2) is 34.9 Å². The van der Waals surface area contributed by atoms with Crippen molar-refractivity contribution in [1.82, 2.24) is 10.3 Å². The Morgan fingerprint density at radius 3 is 2.44 bits per heavy atom. The van der Waals surface area contributed by atoms with Gasteiger partial charge in [0.05, 0.1) is 17.5 Å². The maximum atomic E-state index is 12.1. The molecular weight excluding hydrogens is 344 g/mol. The second-order valence-electron chi connectivity index (χ2n) is 5.90. The van der Waals surface area contributed by atoms with Crippen LogP contribution >= 0.6 is 11.6 Å². The molecule has 25 heavy (non-hydrogen) atoms. The molecule has 0 aliphatic carbocycles. The first-order valence-electron chi connectivity index (χ1n) is 8.10. The predicted octanol–water partition coefficient (Wildman–Crippen LogP) is 3.54. The number of hydrogen-bond acceptors (Lipinski definition) is 4. The molecule has 0 bridgehead atoms. The van der Waals surface area contributed by atoms with E-state index in [0.717, 1.165) is 5.56 Å². The van der Waals surface area contributed by atoms with Crippen molar-refractivity contribution < 1.29 is 19.1 Å². The van der Waals surface area contributed by atoms with Crippen LogP contribution in [0.5, 0.6) is 0 Å². The molecule has 7 heteroatoms. The second-order valence-corrected chi connectivity index (χ2v) is 6.33. The molecule has 2 N–H and O–H groups in total. The fourth-order valence-electron chi connectivity index (χ4n) is 2.49. The van der Waals surface area contributed by atoms with Crippen molar-refractivity contribution in [3.05, 3.63) is 41.2 Å². The van der Waals surface area contributed by atoms with Gasteiger partial charge in [-0.05, 0) is 37.1 Å². The van der Waals surface area contributed by atoms with Crippen molar-refractivity contribution in [3.8, 4) is 11.5 Å². The third-order valence-corrected chi connectivity index (χ3v) is 4.67. The van der Waals surface area contributed by atoms with Crippen molar-refractivity contribution in [2.75, 3.05) is 6.54 Å². The molecule has 0 aliphatic rings. The lowest BCUT2D eigenvalue weighted by atomic mass is 9.82. The Kier molecular flexibility index (Phi) is 6.20. The number of nitrogens with one attached hydrogen (secondary N) is 1. The van der Waals surface area contributed by atoms with Crippen molar-refractivity contribution in [2.24, 2.45) is 5.41 Å². The van der Waals surface area contributed by atoms with E-state index < -0.39 is 11.4 Å². The number of rotatable bonds is 8. The number of amides is 1. The smallest absolute Gasteiger partial charge is 0.311 e. The van der Waals surface area contributed by atoms with E-state index in [1.54, 1.807) is 38.1 Å². The van der Waals surface area contributed by atoms with Gasteiger partial charge in [0.1, 0.15) is 6.26 Å². The zero-order valence-corrected chi connectivity index (χ0v) is 15.0. The molecule has 6 nitrogen and oxygen atoms in total. The highest BCUT2D eigenvalue weighted by molar-refractivity contribution is 6.30. The highest BCUT2D eigenvalue weighted by atomic mass is 35.5. The van der Waals surface area contributed by atoms with Gasteiger partial charge >= 0.3 is 5.97 Å². The molecule has 1 aromatic carbocycles. The molecule has 1 aromatic heterocycles. The quantitative estimate of drug-likeness (QED) is 0.747. The van der Waals surface area contributed by atoms with E-state index in [2.05, 4.69) is 10.3 Å². The summed E-state index contributed by atoms with van der Waals surface area (Å²) in [7, 11) is 0. The van der Waals surface area contributed by atoms with Crippen molar-refractivity contribution in [3.63, 3.8) is 0 Å². The maximum Gasteiger partial charge on any atom is 0.311 e. The van der Waals surface area contributed by atoms with Crippen molar-refractivity contribution in [1.29, 1.82) is 0 Å². The first-order chi connectivity index (χ1) is 11.9. The maximum absolute atomic E-state index is 12.1. The first kappa shape index (κ1) is 19.0. The van der Waals surface area contributed by atoms with Gasteiger partial charge in [-0.15, -0.1) is 0 Å². The molecule has 0 atom stereocenters. The van der Waals surface area contributed by atoms with Gasteiger partial charge < -0.3 is 14.8 Å². The van der Waals surface area contributed by atoms with Crippen LogP contribution in [0.3, 0.4) is 0 Å². The Labute approximate surface area is 151 Å². The summed E-state index contributed by atoms with van der Waals surface area (Å²) in [6.45, 7) is 3.70. The van der Waals surface area contributed by atoms with Crippen LogP contribution in [0, 0.1) is 5.41 Å². The number of carbonyl (C=O) groups is 2. The average Bonchev–Trinajstić information content (AvgIpc) is 3.05. The average molecular weight is 365 g/mol. The van der Waals surface area contributed by atoms with Crippen LogP contribution in [-0.4, -0.2) is 28.5 Å². The van der Waals surface area contributed by atoms with Crippen LogP contribution in [0.2, 0.25) is 5.02 Å². The molecule has 0 fully saturated rings. The minimum Gasteiger partial charge on any atom is -0.481 e. The zero-order valence-electron chi connectivity index (χ0n) is 14.2. The summed E-state index contributed by atoms with van der Waals surface area (Å²) < 4.78 is 5.39. The molecule has 1 heterocycles. The number of hydrogen-bond donors (Lipinski definition) is 2. The van der Waals surface area contributed by atoms with Crippen LogP contribution in [0.25, 0.3) is 11.5 Å². The molecule has 1 amide bonds. The molecule has 0 spiro atoms. The number of benzene rings is 1. The molecular formula is C18H21ClN2O4. The minimum absolute atomic E-state index is 0.0280. The highest BCUT2D eigenvalue weighted by Crippen LogP contribution is 2.26. The first-order valence-corrected chi connectivity index (χ1v) is 8.48. The van der Waals surface area contributed by atoms with E-state index in [1.807, 2.05) is 0 Å². The SMILES string of the molecule is CCC(CC)(CNC(=O)Cc1coc(-c2ccc(Cl)cc2)n1)C(=O)O. The number of halogens is 1. The normalized spacial score (nSPS) is 11.3.